The minimum atomic E-state index is -2.29. The fraction of sp³-hybridized carbons (Fsp3) is 0.368. The number of alkyl halides is 2. The number of hydrogen-bond donors (Lipinski definition) is 1. The van der Waals surface area contributed by atoms with Crippen molar-refractivity contribution in [3.05, 3.63) is 60.2 Å². The van der Waals surface area contributed by atoms with Gasteiger partial charge in [0.15, 0.2) is 0 Å². The topological polar surface area (TPSA) is 15.3 Å². The van der Waals surface area contributed by atoms with Gasteiger partial charge in [0.05, 0.1) is 0 Å². The molecule has 1 fully saturated rings. The van der Waals surface area contributed by atoms with E-state index >= 15 is 0 Å². The first kappa shape index (κ1) is 18.8. The van der Waals surface area contributed by atoms with Crippen LogP contribution in [0.5, 0.6) is 0 Å². The molecule has 3 rings (SSSR count). The lowest BCUT2D eigenvalue weighted by Gasteiger charge is -2.35. The van der Waals surface area contributed by atoms with Gasteiger partial charge in [-0.1, -0.05) is 54.6 Å². The minimum absolute atomic E-state index is 0. The molecule has 0 radical (unpaired) electrons. The molecule has 1 heterocycles. The van der Waals surface area contributed by atoms with Gasteiger partial charge in [0.1, 0.15) is 0 Å². The molecule has 1 saturated heterocycles. The summed E-state index contributed by atoms with van der Waals surface area (Å²) in [6.45, 7) is 3.36. The predicted octanol–water partition coefficient (Wildman–Crippen LogP) is 4.38. The van der Waals surface area contributed by atoms with Crippen molar-refractivity contribution in [1.82, 2.24) is 10.2 Å². The lowest BCUT2D eigenvalue weighted by Crippen LogP contribution is -2.45. The summed E-state index contributed by atoms with van der Waals surface area (Å²) in [6.07, 6.45) is -2.39. The van der Waals surface area contributed by atoms with E-state index in [9.17, 15) is 8.78 Å². The number of halogens is 3. The van der Waals surface area contributed by atoms with E-state index in [1.54, 1.807) is 0 Å². The molecule has 0 saturated carbocycles. The largest absolute Gasteiger partial charge is 0.314 e. The van der Waals surface area contributed by atoms with Crippen molar-refractivity contribution in [3.63, 3.8) is 0 Å². The summed E-state index contributed by atoms with van der Waals surface area (Å²) in [5.41, 5.74) is 3.24. The van der Waals surface area contributed by atoms with E-state index in [0.717, 1.165) is 42.9 Å². The van der Waals surface area contributed by atoms with Crippen molar-refractivity contribution in [1.29, 1.82) is 0 Å². The normalized spacial score (nSPS) is 16.6. The summed E-state index contributed by atoms with van der Waals surface area (Å²) in [5.74, 6) is 0. The molecule has 2 aromatic rings. The van der Waals surface area contributed by atoms with Gasteiger partial charge in [-0.3, -0.25) is 4.90 Å². The Kier molecular flexibility index (Phi) is 7.16. The fourth-order valence-electron chi connectivity index (χ4n) is 3.19. The SMILES string of the molecule is Cl.FC(F)C[C@@H](c1ccc(-c2ccccc2)cc1)N1CCNCC1. The molecule has 2 aromatic carbocycles. The number of piperazine rings is 1. The highest BCUT2D eigenvalue weighted by atomic mass is 35.5. The predicted molar refractivity (Wildman–Crippen MR) is 96.9 cm³/mol. The van der Waals surface area contributed by atoms with Gasteiger partial charge in [-0.05, 0) is 16.7 Å². The Balaban J connectivity index is 0.00000208. The van der Waals surface area contributed by atoms with Crippen LogP contribution in [0.15, 0.2) is 54.6 Å². The standard InChI is InChI=1S/C19H22F2N2.ClH/c20-19(21)14-18(23-12-10-22-11-13-23)17-8-6-16(7-9-17)15-4-2-1-3-5-15;/h1-9,18-19,22H,10-14H2;1H/t18-;/m0./s1. The Morgan fingerprint density at radius 1 is 0.875 bits per heavy atom. The highest BCUT2D eigenvalue weighted by molar-refractivity contribution is 5.85. The smallest absolute Gasteiger partial charge is 0.240 e. The van der Waals surface area contributed by atoms with Gasteiger partial charge in [0.2, 0.25) is 6.43 Å². The summed E-state index contributed by atoms with van der Waals surface area (Å²) >= 11 is 0. The molecule has 0 bridgehead atoms. The van der Waals surface area contributed by atoms with E-state index in [1.165, 1.54) is 0 Å². The van der Waals surface area contributed by atoms with E-state index in [1.807, 2.05) is 42.5 Å². The van der Waals surface area contributed by atoms with Crippen molar-refractivity contribution in [2.75, 3.05) is 26.2 Å². The Morgan fingerprint density at radius 3 is 2.04 bits per heavy atom. The first-order valence-corrected chi connectivity index (χ1v) is 8.12. The molecule has 1 aliphatic rings. The van der Waals surface area contributed by atoms with Gasteiger partial charge in [-0.25, -0.2) is 8.78 Å². The van der Waals surface area contributed by atoms with Crippen LogP contribution in [0.3, 0.4) is 0 Å². The molecule has 5 heteroatoms. The molecule has 1 N–H and O–H groups in total. The first-order valence-electron chi connectivity index (χ1n) is 8.12. The third-order valence-electron chi connectivity index (χ3n) is 4.40. The highest BCUT2D eigenvalue weighted by Gasteiger charge is 2.25. The van der Waals surface area contributed by atoms with Crippen molar-refractivity contribution in [2.24, 2.45) is 0 Å². The summed E-state index contributed by atoms with van der Waals surface area (Å²) in [5, 5.41) is 3.28. The number of rotatable bonds is 5. The van der Waals surface area contributed by atoms with Gasteiger partial charge in [-0.15, -0.1) is 12.4 Å². The molecule has 0 unspecified atom stereocenters. The molecule has 0 spiro atoms. The van der Waals surface area contributed by atoms with Crippen LogP contribution in [0.2, 0.25) is 0 Å². The van der Waals surface area contributed by atoms with Crippen molar-refractivity contribution in [3.8, 4) is 11.1 Å². The van der Waals surface area contributed by atoms with Crippen molar-refractivity contribution >= 4 is 12.4 Å². The zero-order chi connectivity index (χ0) is 16.1. The van der Waals surface area contributed by atoms with Crippen LogP contribution in [0, 0.1) is 0 Å². The fourth-order valence-corrected chi connectivity index (χ4v) is 3.19. The molecule has 2 nitrogen and oxygen atoms in total. The number of nitrogens with zero attached hydrogens (tertiary/aromatic N) is 1. The molecule has 24 heavy (non-hydrogen) atoms. The van der Waals surface area contributed by atoms with Gasteiger partial charge < -0.3 is 5.32 Å². The van der Waals surface area contributed by atoms with Gasteiger partial charge in [0, 0.05) is 38.6 Å². The molecule has 130 valence electrons. The van der Waals surface area contributed by atoms with Gasteiger partial charge >= 0.3 is 0 Å². The van der Waals surface area contributed by atoms with Crippen molar-refractivity contribution < 1.29 is 8.78 Å². The van der Waals surface area contributed by atoms with Gasteiger partial charge in [0.25, 0.3) is 0 Å². The second-order valence-electron chi connectivity index (χ2n) is 5.92. The maximum absolute atomic E-state index is 13.0. The first-order chi connectivity index (χ1) is 11.2. The summed E-state index contributed by atoms with van der Waals surface area (Å²) in [6, 6.07) is 18.0. The van der Waals surface area contributed by atoms with Crippen LogP contribution >= 0.6 is 12.4 Å². The van der Waals surface area contributed by atoms with E-state index in [0.29, 0.717) is 0 Å². The zero-order valence-corrected chi connectivity index (χ0v) is 14.3. The quantitative estimate of drug-likeness (QED) is 0.859. The maximum atomic E-state index is 13.0. The summed E-state index contributed by atoms with van der Waals surface area (Å²) in [7, 11) is 0. The molecular formula is C19H23ClF2N2. The molecule has 1 aliphatic heterocycles. The number of nitrogens with one attached hydrogen (secondary N) is 1. The Labute approximate surface area is 148 Å². The maximum Gasteiger partial charge on any atom is 0.240 e. The van der Waals surface area contributed by atoms with Crippen LogP contribution < -0.4 is 5.32 Å². The molecule has 0 amide bonds. The second-order valence-corrected chi connectivity index (χ2v) is 5.92. The average Bonchev–Trinajstić information content (AvgIpc) is 2.61. The van der Waals surface area contributed by atoms with Crippen LogP contribution in [0.1, 0.15) is 18.0 Å². The van der Waals surface area contributed by atoms with Crippen molar-refractivity contribution in [2.45, 2.75) is 18.9 Å². The summed E-state index contributed by atoms with van der Waals surface area (Å²) in [4.78, 5) is 2.17. The molecule has 0 aromatic heterocycles. The monoisotopic (exact) mass is 352 g/mol. The molecule has 0 aliphatic carbocycles. The Hall–Kier alpha value is -1.49. The van der Waals surface area contributed by atoms with E-state index in [4.69, 9.17) is 0 Å². The van der Waals surface area contributed by atoms with E-state index < -0.39 is 6.43 Å². The van der Waals surface area contributed by atoms with E-state index in [-0.39, 0.29) is 24.9 Å². The number of hydrogen-bond acceptors (Lipinski definition) is 2. The third kappa shape index (κ3) is 4.76. The highest BCUT2D eigenvalue weighted by Crippen LogP contribution is 2.29. The molecular weight excluding hydrogens is 330 g/mol. The van der Waals surface area contributed by atoms with Crippen LogP contribution in [0.4, 0.5) is 8.78 Å². The molecule has 1 atom stereocenters. The third-order valence-corrected chi connectivity index (χ3v) is 4.40. The average molecular weight is 353 g/mol. The van der Waals surface area contributed by atoms with Crippen LogP contribution in [-0.4, -0.2) is 37.5 Å². The summed E-state index contributed by atoms with van der Waals surface area (Å²) < 4.78 is 26.1. The van der Waals surface area contributed by atoms with Crippen LogP contribution in [-0.2, 0) is 0 Å². The lowest BCUT2D eigenvalue weighted by molar-refractivity contribution is 0.0739. The zero-order valence-electron chi connectivity index (χ0n) is 13.5. The van der Waals surface area contributed by atoms with Crippen LogP contribution in [0.25, 0.3) is 11.1 Å². The Morgan fingerprint density at radius 2 is 1.46 bits per heavy atom. The van der Waals surface area contributed by atoms with E-state index in [2.05, 4.69) is 22.3 Å². The lowest BCUT2D eigenvalue weighted by atomic mass is 9.97. The Bertz CT molecular complexity index is 599. The minimum Gasteiger partial charge on any atom is -0.314 e. The number of benzene rings is 2. The second kappa shape index (κ2) is 9.11. The van der Waals surface area contributed by atoms with Gasteiger partial charge in [-0.2, -0.15) is 0 Å².